The number of rotatable bonds is 5. The van der Waals surface area contributed by atoms with Crippen molar-refractivity contribution >= 4 is 86.7 Å². The van der Waals surface area contributed by atoms with E-state index in [0.29, 0.717) is 23.6 Å². The van der Waals surface area contributed by atoms with Crippen molar-refractivity contribution in [1.82, 2.24) is 5.32 Å². The van der Waals surface area contributed by atoms with Gasteiger partial charge in [0.15, 0.2) is 5.11 Å². The van der Waals surface area contributed by atoms with Gasteiger partial charge in [0.2, 0.25) is 0 Å². The Labute approximate surface area is 196 Å². The maximum absolute atomic E-state index is 13.1. The Balaban J connectivity index is 1.98. The van der Waals surface area contributed by atoms with Gasteiger partial charge >= 0.3 is 0 Å². The Morgan fingerprint density at radius 1 is 1.24 bits per heavy atom. The quantitative estimate of drug-likeness (QED) is 0.185. The number of hydrogen-bond donors (Lipinski definition) is 1. The summed E-state index contributed by atoms with van der Waals surface area (Å²) in [7, 11) is 0. The fraction of sp³-hybridized carbons (Fsp3) is 0.0500. The van der Waals surface area contributed by atoms with Gasteiger partial charge in [-0.3, -0.25) is 19.8 Å². The van der Waals surface area contributed by atoms with Crippen molar-refractivity contribution in [3.63, 3.8) is 0 Å². The Morgan fingerprint density at radius 2 is 2.00 bits per heavy atom. The summed E-state index contributed by atoms with van der Waals surface area (Å²) >= 11 is 19.6. The zero-order valence-corrected chi connectivity index (χ0v) is 19.2. The molecule has 0 unspecified atom stereocenters. The van der Waals surface area contributed by atoms with Gasteiger partial charge in [0.1, 0.15) is 17.9 Å². The Hall–Kier alpha value is -1.94. The van der Waals surface area contributed by atoms with Crippen molar-refractivity contribution in [2.75, 3.05) is 11.5 Å². The smallest absolute Gasteiger partial charge is 0.270 e. The summed E-state index contributed by atoms with van der Waals surface area (Å²) in [5, 5.41) is 2.89. The number of hydrogen-bond acceptors (Lipinski definition) is 4. The molecule has 5 nitrogen and oxygen atoms in total. The van der Waals surface area contributed by atoms with E-state index in [1.807, 2.05) is 0 Å². The summed E-state index contributed by atoms with van der Waals surface area (Å²) in [5.74, 6) is -0.498. The van der Waals surface area contributed by atoms with Gasteiger partial charge in [0.25, 0.3) is 11.8 Å². The third-order valence-corrected chi connectivity index (χ3v) is 5.83. The number of amides is 2. The van der Waals surface area contributed by atoms with Crippen molar-refractivity contribution in [2.24, 2.45) is 0 Å². The third-order valence-electron chi connectivity index (χ3n) is 3.90. The standard InChI is InChI=1S/C20H13Cl2IN2O3S/c1-2-8-28-16-7-6-11(10-14(16)23)9-12-18(26)24-20(29)25(19(12)27)15-5-3-4-13(21)17(15)22/h2-7,9-10H,1,8H2,(H,24,26,29)/b12-9+. The second-order valence-corrected chi connectivity index (χ2v) is 8.15. The van der Waals surface area contributed by atoms with Crippen molar-refractivity contribution in [3.05, 3.63) is 73.8 Å². The number of halogens is 3. The highest BCUT2D eigenvalue weighted by atomic mass is 127. The van der Waals surface area contributed by atoms with Gasteiger partial charge in [0, 0.05) is 0 Å². The minimum atomic E-state index is -0.593. The zero-order valence-electron chi connectivity index (χ0n) is 14.7. The number of benzene rings is 2. The molecule has 9 heteroatoms. The van der Waals surface area contributed by atoms with Crippen LogP contribution >= 0.6 is 58.0 Å². The number of carbonyl (C=O) groups excluding carboxylic acids is 2. The highest BCUT2D eigenvalue weighted by molar-refractivity contribution is 14.1. The second kappa shape index (κ2) is 9.25. The molecule has 1 heterocycles. The molecule has 1 fully saturated rings. The van der Waals surface area contributed by atoms with Crippen LogP contribution in [0.15, 0.2) is 54.6 Å². The summed E-state index contributed by atoms with van der Waals surface area (Å²) < 4.78 is 6.37. The normalized spacial score (nSPS) is 15.5. The van der Waals surface area contributed by atoms with Crippen LogP contribution in [-0.4, -0.2) is 23.5 Å². The molecule has 1 aliphatic heterocycles. The second-order valence-electron chi connectivity index (χ2n) is 5.82. The lowest BCUT2D eigenvalue weighted by Crippen LogP contribution is -2.54. The molecule has 1 saturated heterocycles. The summed E-state index contributed by atoms with van der Waals surface area (Å²) in [5.41, 5.74) is 0.872. The van der Waals surface area contributed by atoms with Gasteiger partial charge in [-0.05, 0) is 70.7 Å². The van der Waals surface area contributed by atoms with Crippen LogP contribution in [0.4, 0.5) is 5.69 Å². The molecule has 1 aliphatic rings. The van der Waals surface area contributed by atoms with Gasteiger partial charge in [-0.2, -0.15) is 0 Å². The molecule has 0 aliphatic carbocycles. The average Bonchev–Trinajstić information content (AvgIpc) is 2.67. The molecule has 2 amide bonds. The number of carbonyl (C=O) groups is 2. The molecule has 0 aromatic heterocycles. The molecule has 148 valence electrons. The first kappa shape index (κ1) is 21.8. The van der Waals surface area contributed by atoms with E-state index in [0.717, 1.165) is 8.47 Å². The van der Waals surface area contributed by atoms with E-state index >= 15 is 0 Å². The van der Waals surface area contributed by atoms with Crippen molar-refractivity contribution in [1.29, 1.82) is 0 Å². The van der Waals surface area contributed by atoms with Crippen LogP contribution < -0.4 is 15.0 Å². The number of nitrogens with zero attached hydrogens (tertiary/aromatic N) is 1. The molecule has 2 aromatic carbocycles. The van der Waals surface area contributed by atoms with E-state index in [2.05, 4.69) is 34.5 Å². The fourth-order valence-corrected chi connectivity index (χ4v) is 3.93. The van der Waals surface area contributed by atoms with Gasteiger partial charge in [0.05, 0.1) is 19.3 Å². The monoisotopic (exact) mass is 558 g/mol. The Morgan fingerprint density at radius 3 is 2.69 bits per heavy atom. The molecule has 0 saturated carbocycles. The molecular weight excluding hydrogens is 546 g/mol. The number of ether oxygens (including phenoxy) is 1. The van der Waals surface area contributed by atoms with E-state index in [4.69, 9.17) is 40.2 Å². The van der Waals surface area contributed by atoms with Crippen molar-refractivity contribution in [2.45, 2.75) is 0 Å². The predicted octanol–water partition coefficient (Wildman–Crippen LogP) is 4.99. The summed E-state index contributed by atoms with van der Waals surface area (Å²) in [6.45, 7) is 3.99. The first-order valence-corrected chi connectivity index (χ1v) is 10.5. The minimum absolute atomic E-state index is 0.0657. The van der Waals surface area contributed by atoms with E-state index in [1.165, 1.54) is 6.08 Å². The largest absolute Gasteiger partial charge is 0.488 e. The molecule has 2 aromatic rings. The van der Waals surface area contributed by atoms with Crippen molar-refractivity contribution in [3.8, 4) is 5.75 Å². The molecule has 1 N–H and O–H groups in total. The summed E-state index contributed by atoms with van der Waals surface area (Å²) in [6, 6.07) is 10.1. The highest BCUT2D eigenvalue weighted by Crippen LogP contribution is 2.34. The molecule has 29 heavy (non-hydrogen) atoms. The Bertz CT molecular complexity index is 1070. The highest BCUT2D eigenvalue weighted by Gasteiger charge is 2.35. The molecular formula is C20H13Cl2IN2O3S. The van der Waals surface area contributed by atoms with Crippen LogP contribution in [0, 0.1) is 3.57 Å². The summed E-state index contributed by atoms with van der Waals surface area (Å²) in [4.78, 5) is 26.7. The minimum Gasteiger partial charge on any atom is -0.488 e. The fourth-order valence-electron chi connectivity index (χ4n) is 2.58. The third kappa shape index (κ3) is 4.63. The lowest BCUT2D eigenvalue weighted by Gasteiger charge is -2.29. The SMILES string of the molecule is C=CCOc1ccc(/C=C2\C(=O)NC(=S)N(c3cccc(Cl)c3Cl)C2=O)cc1I. The van der Waals surface area contributed by atoms with Crippen LogP contribution in [0.5, 0.6) is 5.75 Å². The lowest BCUT2D eigenvalue weighted by molar-refractivity contribution is -0.122. The molecule has 0 bridgehead atoms. The van der Waals surface area contributed by atoms with Gasteiger partial charge in [-0.15, -0.1) is 0 Å². The lowest BCUT2D eigenvalue weighted by atomic mass is 10.1. The first-order chi connectivity index (χ1) is 13.8. The summed E-state index contributed by atoms with van der Waals surface area (Å²) in [6.07, 6.45) is 3.14. The zero-order chi connectivity index (χ0) is 21.1. The predicted molar refractivity (Wildman–Crippen MR) is 128 cm³/mol. The number of nitrogens with one attached hydrogen (secondary N) is 1. The van der Waals surface area contributed by atoms with Crippen LogP contribution in [-0.2, 0) is 9.59 Å². The maximum Gasteiger partial charge on any atom is 0.270 e. The van der Waals surface area contributed by atoms with E-state index in [-0.39, 0.29) is 20.7 Å². The maximum atomic E-state index is 13.1. The van der Waals surface area contributed by atoms with Crippen LogP contribution in [0.3, 0.4) is 0 Å². The first-order valence-electron chi connectivity index (χ1n) is 8.22. The van der Waals surface area contributed by atoms with Crippen LogP contribution in [0.25, 0.3) is 6.08 Å². The molecule has 3 rings (SSSR count). The Kier molecular flexibility index (Phi) is 6.94. The van der Waals surface area contributed by atoms with Crippen molar-refractivity contribution < 1.29 is 14.3 Å². The number of thiocarbonyl (C=S) groups is 1. The average molecular weight is 559 g/mol. The molecule has 0 radical (unpaired) electrons. The van der Waals surface area contributed by atoms with E-state index < -0.39 is 11.8 Å². The van der Waals surface area contributed by atoms with Crippen LogP contribution in [0.2, 0.25) is 10.0 Å². The van der Waals surface area contributed by atoms with Crippen LogP contribution in [0.1, 0.15) is 5.56 Å². The number of anilines is 1. The van der Waals surface area contributed by atoms with Gasteiger partial charge < -0.3 is 4.74 Å². The van der Waals surface area contributed by atoms with E-state index in [9.17, 15) is 9.59 Å². The van der Waals surface area contributed by atoms with E-state index in [1.54, 1.807) is 42.5 Å². The molecule has 0 atom stereocenters. The van der Waals surface area contributed by atoms with Gasteiger partial charge in [-0.1, -0.05) is 48.0 Å². The van der Waals surface area contributed by atoms with Gasteiger partial charge in [-0.25, -0.2) is 0 Å². The topological polar surface area (TPSA) is 58.6 Å². The molecule has 0 spiro atoms.